The maximum absolute atomic E-state index is 12.5. The summed E-state index contributed by atoms with van der Waals surface area (Å²) in [4.78, 5) is 8.39. The smallest absolute Gasteiger partial charge is 0.382 e. The van der Waals surface area contributed by atoms with Gasteiger partial charge in [0.05, 0.1) is 16.5 Å². The van der Waals surface area contributed by atoms with E-state index in [9.17, 15) is 17.4 Å². The van der Waals surface area contributed by atoms with Gasteiger partial charge in [-0.3, -0.25) is 9.19 Å². The second-order valence-electron chi connectivity index (χ2n) is 5.22. The van der Waals surface area contributed by atoms with Gasteiger partial charge in [-0.1, -0.05) is 12.1 Å². The molecular formula is C16H16F3N3OS. The lowest BCUT2D eigenvalue weighted by molar-refractivity contribution is -0.105. The van der Waals surface area contributed by atoms with Crippen LogP contribution in [0, 0.1) is 13.8 Å². The van der Waals surface area contributed by atoms with Crippen LogP contribution in [0.1, 0.15) is 16.8 Å². The number of aromatic nitrogens is 1. The Bertz CT molecular complexity index is 789. The molecule has 0 saturated heterocycles. The number of halogens is 3. The fourth-order valence-electron chi connectivity index (χ4n) is 2.12. The molecule has 8 heteroatoms. The van der Waals surface area contributed by atoms with Crippen LogP contribution in [-0.2, 0) is 10.8 Å². The first kappa shape index (κ1) is 18.1. The van der Waals surface area contributed by atoms with Gasteiger partial charge in [0.25, 0.3) is 0 Å². The highest BCUT2D eigenvalue weighted by Gasteiger charge is 2.31. The molecular weight excluding hydrogens is 339 g/mol. The van der Waals surface area contributed by atoms with Gasteiger partial charge in [-0.15, -0.1) is 0 Å². The summed E-state index contributed by atoms with van der Waals surface area (Å²) in [5.74, 6) is -1.26. The molecule has 0 aliphatic carbocycles. The van der Waals surface area contributed by atoms with Gasteiger partial charge < -0.3 is 5.73 Å². The molecule has 2 aromatic rings. The van der Waals surface area contributed by atoms with E-state index in [0.717, 1.165) is 5.56 Å². The van der Waals surface area contributed by atoms with E-state index in [2.05, 4.69) is 9.98 Å². The van der Waals surface area contributed by atoms with Crippen LogP contribution in [-0.4, -0.2) is 27.0 Å². The fourth-order valence-corrected chi connectivity index (χ4v) is 3.23. The van der Waals surface area contributed by atoms with E-state index in [1.165, 1.54) is 6.07 Å². The Hall–Kier alpha value is -2.22. The Balaban J connectivity index is 2.41. The van der Waals surface area contributed by atoms with Gasteiger partial charge in [-0.05, 0) is 43.2 Å². The molecule has 4 nitrogen and oxygen atoms in total. The topological polar surface area (TPSA) is 68.3 Å². The predicted molar refractivity (Wildman–Crippen MR) is 87.9 cm³/mol. The lowest BCUT2D eigenvalue weighted by atomic mass is 10.1. The van der Waals surface area contributed by atoms with Crippen molar-refractivity contribution in [1.29, 1.82) is 0 Å². The maximum Gasteiger partial charge on any atom is 0.400 e. The van der Waals surface area contributed by atoms with Gasteiger partial charge in [-0.25, -0.2) is 4.99 Å². The van der Waals surface area contributed by atoms with Crippen molar-refractivity contribution in [2.45, 2.75) is 24.9 Å². The minimum atomic E-state index is -4.50. The molecule has 2 rings (SSSR count). The molecule has 1 atom stereocenters. The molecule has 1 aromatic heterocycles. The summed E-state index contributed by atoms with van der Waals surface area (Å²) in [5.41, 5.74) is 7.96. The van der Waals surface area contributed by atoms with Crippen LogP contribution in [0.25, 0.3) is 0 Å². The number of hydrogen-bond donors (Lipinski definition) is 1. The van der Waals surface area contributed by atoms with E-state index >= 15 is 0 Å². The number of nitrogens with zero attached hydrogens (tertiary/aromatic N) is 2. The number of hydrogen-bond acceptors (Lipinski definition) is 3. The number of benzene rings is 1. The van der Waals surface area contributed by atoms with E-state index in [1.807, 2.05) is 0 Å². The third-order valence-corrected chi connectivity index (χ3v) is 4.72. The zero-order valence-electron chi connectivity index (χ0n) is 13.1. The first-order valence-corrected chi connectivity index (χ1v) is 8.31. The molecule has 0 saturated carbocycles. The Morgan fingerprint density at radius 2 is 1.96 bits per heavy atom. The van der Waals surface area contributed by atoms with Crippen LogP contribution in [0.15, 0.2) is 46.4 Å². The second-order valence-corrected chi connectivity index (χ2v) is 6.64. The summed E-state index contributed by atoms with van der Waals surface area (Å²) in [7, 11) is -2.19. The lowest BCUT2D eigenvalue weighted by Crippen LogP contribution is -2.19. The highest BCUT2D eigenvalue weighted by atomic mass is 32.2. The van der Waals surface area contributed by atoms with Gasteiger partial charge in [0.2, 0.25) is 0 Å². The molecule has 2 N–H and O–H groups in total. The Labute approximate surface area is 140 Å². The summed E-state index contributed by atoms with van der Waals surface area (Å²) < 4.78 is 49.5. The highest BCUT2D eigenvalue weighted by Crippen LogP contribution is 2.28. The number of rotatable bonds is 4. The molecule has 0 aliphatic heterocycles. The highest BCUT2D eigenvalue weighted by molar-refractivity contribution is 7.85. The lowest BCUT2D eigenvalue weighted by Gasteiger charge is -2.11. The molecule has 1 heterocycles. The number of aliphatic imine (C=N–C) groups is 1. The fraction of sp³-hybridized carbons (Fsp3) is 0.250. The van der Waals surface area contributed by atoms with Crippen molar-refractivity contribution in [3.05, 3.63) is 53.3 Å². The van der Waals surface area contributed by atoms with Crippen LogP contribution in [0.5, 0.6) is 0 Å². The maximum atomic E-state index is 12.5. The zero-order chi connectivity index (χ0) is 17.9. The van der Waals surface area contributed by atoms with Crippen molar-refractivity contribution < 1.29 is 17.4 Å². The van der Waals surface area contributed by atoms with Crippen LogP contribution >= 0.6 is 0 Å². The quantitative estimate of drug-likeness (QED) is 0.675. The normalized spacial score (nSPS) is 13.8. The van der Waals surface area contributed by atoms with Crippen molar-refractivity contribution in [1.82, 2.24) is 4.98 Å². The predicted octanol–water partition coefficient (Wildman–Crippen LogP) is 3.41. The van der Waals surface area contributed by atoms with Crippen LogP contribution < -0.4 is 5.73 Å². The molecule has 1 unspecified atom stereocenters. The number of amidine groups is 1. The average molecular weight is 355 g/mol. The molecule has 0 amide bonds. The van der Waals surface area contributed by atoms with Crippen LogP contribution in [0.4, 0.5) is 18.9 Å². The van der Waals surface area contributed by atoms with Crippen LogP contribution in [0.2, 0.25) is 0 Å². The number of alkyl halides is 3. The van der Waals surface area contributed by atoms with Gasteiger partial charge in [-0.2, -0.15) is 13.2 Å². The molecule has 1 aromatic carbocycles. The van der Waals surface area contributed by atoms with E-state index in [-0.39, 0.29) is 10.7 Å². The Morgan fingerprint density at radius 3 is 2.54 bits per heavy atom. The summed E-state index contributed by atoms with van der Waals surface area (Å²) in [6.45, 7) is 3.38. The third-order valence-electron chi connectivity index (χ3n) is 3.20. The molecule has 0 aliphatic rings. The number of nitrogens with two attached hydrogens (primary N) is 1. The summed E-state index contributed by atoms with van der Waals surface area (Å²) in [6.07, 6.45) is -2.94. The number of aryl methyl sites for hydroxylation is 2. The molecule has 0 fully saturated rings. The second kappa shape index (κ2) is 7.12. The van der Waals surface area contributed by atoms with Crippen molar-refractivity contribution >= 4 is 22.3 Å². The third kappa shape index (κ3) is 4.64. The van der Waals surface area contributed by atoms with Gasteiger partial charge in [0.1, 0.15) is 17.3 Å². The summed E-state index contributed by atoms with van der Waals surface area (Å²) >= 11 is 0. The minimum absolute atomic E-state index is 0.102. The first-order valence-electron chi connectivity index (χ1n) is 6.99. The molecule has 0 spiro atoms. The van der Waals surface area contributed by atoms with E-state index in [1.54, 1.807) is 44.3 Å². The Morgan fingerprint density at radius 1 is 1.25 bits per heavy atom. The first-order chi connectivity index (χ1) is 11.2. The summed E-state index contributed by atoms with van der Waals surface area (Å²) in [5, 5.41) is 0. The largest absolute Gasteiger partial charge is 0.400 e. The van der Waals surface area contributed by atoms with E-state index < -0.39 is 22.7 Å². The van der Waals surface area contributed by atoms with Gasteiger partial charge >= 0.3 is 6.18 Å². The molecule has 0 radical (unpaired) electrons. The molecule has 24 heavy (non-hydrogen) atoms. The molecule has 0 bridgehead atoms. The van der Waals surface area contributed by atoms with Gasteiger partial charge in [0.15, 0.2) is 0 Å². The van der Waals surface area contributed by atoms with E-state index in [4.69, 9.17) is 5.73 Å². The molecule has 128 valence electrons. The van der Waals surface area contributed by atoms with Crippen molar-refractivity contribution in [3.8, 4) is 0 Å². The average Bonchev–Trinajstić information content (AvgIpc) is 2.49. The summed E-state index contributed by atoms with van der Waals surface area (Å²) in [6, 6.07) is 8.18. The number of pyridine rings is 1. The Kier molecular flexibility index (Phi) is 5.38. The van der Waals surface area contributed by atoms with Crippen molar-refractivity contribution in [2.24, 2.45) is 10.7 Å². The van der Waals surface area contributed by atoms with Gasteiger partial charge in [0, 0.05) is 11.1 Å². The van der Waals surface area contributed by atoms with E-state index in [0.29, 0.717) is 16.9 Å². The van der Waals surface area contributed by atoms with Crippen molar-refractivity contribution in [3.63, 3.8) is 0 Å². The minimum Gasteiger partial charge on any atom is -0.382 e. The standard InChI is InChI=1S/C16H16F3N3OS/c1-10-7-11(2)14(24(23)9-16(17,18)19)8-13(10)22-15(20)12-5-3-4-6-21-12/h3-8H,9H2,1-2H3,(H2,20,22). The SMILES string of the molecule is Cc1cc(C)c(S(=O)CC(F)(F)F)cc1N=C(N)c1ccccn1. The van der Waals surface area contributed by atoms with Crippen molar-refractivity contribution in [2.75, 3.05) is 5.75 Å². The zero-order valence-corrected chi connectivity index (χ0v) is 13.9. The monoisotopic (exact) mass is 355 g/mol. The van der Waals surface area contributed by atoms with Crippen LogP contribution in [0.3, 0.4) is 0 Å².